The average Bonchev–Trinajstić information content (AvgIpc) is 3.48. The molecule has 0 bridgehead atoms. The Morgan fingerprint density at radius 2 is 2.03 bits per heavy atom. The Labute approximate surface area is 180 Å². The molecule has 1 unspecified atom stereocenters. The predicted molar refractivity (Wildman–Crippen MR) is 112 cm³/mol. The lowest BCUT2D eigenvalue weighted by Gasteiger charge is -2.34. The number of ether oxygens (including phenoxy) is 1. The van der Waals surface area contributed by atoms with Crippen molar-refractivity contribution in [1.82, 2.24) is 30.3 Å². The Bertz CT molecular complexity index is 1040. The molecule has 1 aromatic carbocycles. The summed E-state index contributed by atoms with van der Waals surface area (Å²) in [6, 6.07) is 7.24. The number of rotatable bonds is 4. The summed E-state index contributed by atoms with van der Waals surface area (Å²) in [5, 5.41) is 7.37. The van der Waals surface area contributed by atoms with E-state index in [4.69, 9.17) is 9.26 Å². The molecule has 0 radical (unpaired) electrons. The van der Waals surface area contributed by atoms with Crippen LogP contribution in [0.5, 0.6) is 5.75 Å². The lowest BCUT2D eigenvalue weighted by molar-refractivity contribution is 0.138. The predicted octanol–water partition coefficient (Wildman–Crippen LogP) is 3.61. The summed E-state index contributed by atoms with van der Waals surface area (Å²) in [5.41, 5.74) is 2.70. The highest BCUT2D eigenvalue weighted by Gasteiger charge is 2.36. The van der Waals surface area contributed by atoms with Crippen LogP contribution in [0.1, 0.15) is 55.4 Å². The second kappa shape index (κ2) is 8.41. The molecular formula is C22H26N6O3. The molecule has 3 heterocycles. The maximum atomic E-state index is 13.2. The quantitative estimate of drug-likeness (QED) is 0.665. The number of benzene rings is 1. The highest BCUT2D eigenvalue weighted by atomic mass is 16.5. The van der Waals surface area contributed by atoms with Crippen molar-refractivity contribution in [2.75, 3.05) is 7.11 Å². The number of nitrogens with zero attached hydrogens (tertiary/aromatic N) is 4. The molecule has 9 heteroatoms. The molecule has 2 aromatic heterocycles. The molecule has 0 saturated heterocycles. The van der Waals surface area contributed by atoms with Crippen LogP contribution < -0.4 is 10.1 Å². The van der Waals surface area contributed by atoms with Crippen molar-refractivity contribution < 1.29 is 14.1 Å². The largest absolute Gasteiger partial charge is 0.497 e. The Hall–Kier alpha value is -3.36. The molecule has 3 aromatic rings. The van der Waals surface area contributed by atoms with Gasteiger partial charge in [0, 0.05) is 18.0 Å². The maximum Gasteiger partial charge on any atom is 0.318 e. The molecule has 1 atom stereocenters. The fraction of sp³-hybridized carbons (Fsp3) is 0.455. The van der Waals surface area contributed by atoms with Crippen molar-refractivity contribution in [1.29, 1.82) is 0 Å². The number of fused-ring (bicyclic) bond motifs is 1. The summed E-state index contributed by atoms with van der Waals surface area (Å²) in [6.07, 6.45) is 7.82. The average molecular weight is 422 g/mol. The third-order valence-corrected chi connectivity index (χ3v) is 6.17. The molecule has 31 heavy (non-hydrogen) atoms. The number of H-pyrrole nitrogens is 1. The summed E-state index contributed by atoms with van der Waals surface area (Å²) in [4.78, 5) is 27.2. The number of methoxy groups -OCH3 is 1. The van der Waals surface area contributed by atoms with E-state index in [0.717, 1.165) is 48.4 Å². The van der Waals surface area contributed by atoms with Crippen LogP contribution in [-0.2, 0) is 13.0 Å². The number of hydrogen-bond acceptors (Lipinski definition) is 6. The summed E-state index contributed by atoms with van der Waals surface area (Å²) in [7, 11) is 1.63. The third-order valence-electron chi connectivity index (χ3n) is 6.17. The van der Waals surface area contributed by atoms with E-state index < -0.39 is 0 Å². The van der Waals surface area contributed by atoms with E-state index in [1.165, 1.54) is 6.42 Å². The highest BCUT2D eigenvalue weighted by molar-refractivity contribution is 5.75. The zero-order chi connectivity index (χ0) is 21.2. The molecule has 2 N–H and O–H groups in total. The van der Waals surface area contributed by atoms with Gasteiger partial charge in [0.25, 0.3) is 0 Å². The first-order valence-electron chi connectivity index (χ1n) is 10.8. The van der Waals surface area contributed by atoms with Crippen LogP contribution >= 0.6 is 0 Å². The number of aromatic amines is 1. The number of amides is 2. The molecule has 9 nitrogen and oxygen atoms in total. The number of aromatic nitrogens is 4. The van der Waals surface area contributed by atoms with Gasteiger partial charge in [0.05, 0.1) is 31.4 Å². The van der Waals surface area contributed by atoms with Gasteiger partial charge in [0.2, 0.25) is 11.7 Å². The van der Waals surface area contributed by atoms with E-state index in [2.05, 4.69) is 25.4 Å². The van der Waals surface area contributed by atoms with Crippen LogP contribution in [-0.4, -0.2) is 44.2 Å². The lowest BCUT2D eigenvalue weighted by Crippen LogP contribution is -2.48. The lowest BCUT2D eigenvalue weighted by atomic mass is 9.95. The molecule has 2 aliphatic rings. The van der Waals surface area contributed by atoms with Crippen molar-refractivity contribution in [3.8, 4) is 17.1 Å². The van der Waals surface area contributed by atoms with Crippen molar-refractivity contribution >= 4 is 6.03 Å². The second-order valence-corrected chi connectivity index (χ2v) is 8.14. The molecule has 1 saturated carbocycles. The molecule has 0 spiro atoms. The van der Waals surface area contributed by atoms with Crippen LogP contribution in [0.15, 0.2) is 35.1 Å². The van der Waals surface area contributed by atoms with Crippen LogP contribution in [0.3, 0.4) is 0 Å². The minimum Gasteiger partial charge on any atom is -0.497 e. The molecular weight excluding hydrogens is 396 g/mol. The summed E-state index contributed by atoms with van der Waals surface area (Å²) >= 11 is 0. The number of hydrogen-bond donors (Lipinski definition) is 2. The second-order valence-electron chi connectivity index (χ2n) is 8.14. The van der Waals surface area contributed by atoms with Gasteiger partial charge in [-0.3, -0.25) is 0 Å². The van der Waals surface area contributed by atoms with Crippen molar-refractivity contribution in [2.45, 2.75) is 57.2 Å². The van der Waals surface area contributed by atoms with Gasteiger partial charge in [-0.25, -0.2) is 9.78 Å². The van der Waals surface area contributed by atoms with Gasteiger partial charge < -0.3 is 24.5 Å². The van der Waals surface area contributed by atoms with Crippen LogP contribution in [0.25, 0.3) is 11.4 Å². The van der Waals surface area contributed by atoms with Crippen LogP contribution in [0.2, 0.25) is 0 Å². The highest BCUT2D eigenvalue weighted by Crippen LogP contribution is 2.32. The minimum atomic E-state index is -0.362. The van der Waals surface area contributed by atoms with E-state index in [1.54, 1.807) is 18.3 Å². The fourth-order valence-corrected chi connectivity index (χ4v) is 4.40. The zero-order valence-corrected chi connectivity index (χ0v) is 17.5. The summed E-state index contributed by atoms with van der Waals surface area (Å²) < 4.78 is 10.8. The van der Waals surface area contributed by atoms with Crippen molar-refractivity contribution in [3.63, 3.8) is 0 Å². The SMILES string of the molecule is COc1ccc(-c2noc(C3Cc4nc[nH]c4CN3C(=O)NC3CCCCC3)n2)cc1. The summed E-state index contributed by atoms with van der Waals surface area (Å²) in [5.74, 6) is 1.66. The van der Waals surface area contributed by atoms with Crippen LogP contribution in [0.4, 0.5) is 4.79 Å². The molecule has 1 fully saturated rings. The first kappa shape index (κ1) is 19.6. The van der Waals surface area contributed by atoms with E-state index in [-0.39, 0.29) is 18.1 Å². The van der Waals surface area contributed by atoms with Gasteiger partial charge >= 0.3 is 6.03 Å². The van der Waals surface area contributed by atoms with Gasteiger partial charge in [-0.05, 0) is 37.1 Å². The smallest absolute Gasteiger partial charge is 0.318 e. The van der Waals surface area contributed by atoms with Gasteiger partial charge in [-0.15, -0.1) is 0 Å². The number of imidazole rings is 1. The fourth-order valence-electron chi connectivity index (χ4n) is 4.40. The van der Waals surface area contributed by atoms with Crippen LogP contribution in [0, 0.1) is 0 Å². The minimum absolute atomic E-state index is 0.0960. The van der Waals surface area contributed by atoms with Crippen molar-refractivity contribution in [2.24, 2.45) is 0 Å². The van der Waals surface area contributed by atoms with Gasteiger partial charge in [0.1, 0.15) is 11.8 Å². The van der Waals surface area contributed by atoms with E-state index in [0.29, 0.717) is 24.7 Å². The van der Waals surface area contributed by atoms with Gasteiger partial charge in [0.15, 0.2) is 0 Å². The number of carbonyl (C=O) groups is 1. The monoisotopic (exact) mass is 422 g/mol. The summed E-state index contributed by atoms with van der Waals surface area (Å²) in [6.45, 7) is 0.429. The Morgan fingerprint density at radius 1 is 1.23 bits per heavy atom. The first-order chi connectivity index (χ1) is 15.2. The number of urea groups is 1. The topological polar surface area (TPSA) is 109 Å². The first-order valence-corrected chi connectivity index (χ1v) is 10.8. The van der Waals surface area contributed by atoms with E-state index >= 15 is 0 Å². The number of nitrogens with one attached hydrogen (secondary N) is 2. The normalized spacial score (nSPS) is 19.1. The Kier molecular flexibility index (Phi) is 5.31. The van der Waals surface area contributed by atoms with E-state index in [9.17, 15) is 4.79 Å². The standard InChI is InChI=1S/C22H26N6O3/c1-30-16-9-7-14(8-10-16)20-26-21(31-27-20)19-11-17-18(24-13-23-17)12-28(19)22(29)25-15-5-3-2-4-6-15/h7-10,13,15,19H,2-6,11-12H2,1H3,(H,23,24)(H,25,29). The molecule has 162 valence electrons. The molecule has 1 aliphatic heterocycles. The van der Waals surface area contributed by atoms with Gasteiger partial charge in [-0.2, -0.15) is 4.98 Å². The molecule has 1 aliphatic carbocycles. The third kappa shape index (κ3) is 3.99. The Morgan fingerprint density at radius 3 is 2.81 bits per heavy atom. The van der Waals surface area contributed by atoms with Gasteiger partial charge in [-0.1, -0.05) is 24.4 Å². The van der Waals surface area contributed by atoms with E-state index in [1.807, 2.05) is 24.3 Å². The molecule has 2 amide bonds. The Balaban J connectivity index is 1.39. The zero-order valence-electron chi connectivity index (χ0n) is 17.5. The maximum absolute atomic E-state index is 13.2. The van der Waals surface area contributed by atoms with Crippen molar-refractivity contribution in [3.05, 3.63) is 47.9 Å². The molecule has 5 rings (SSSR count). The number of carbonyl (C=O) groups excluding carboxylic acids is 1.